The van der Waals surface area contributed by atoms with Gasteiger partial charge in [0.25, 0.3) is 10.1 Å². The van der Waals surface area contributed by atoms with Crippen LogP contribution in [0.25, 0.3) is 0 Å². The average molecular weight is 293 g/mol. The molecule has 0 aromatic heterocycles. The Morgan fingerprint density at radius 3 is 2.90 bits per heavy atom. The van der Waals surface area contributed by atoms with Gasteiger partial charge in [0.2, 0.25) is 0 Å². The molecule has 0 bridgehead atoms. The van der Waals surface area contributed by atoms with Crippen LogP contribution in [0.2, 0.25) is 0 Å². The average Bonchev–Trinajstić information content (AvgIpc) is 2.80. The van der Waals surface area contributed by atoms with Crippen LogP contribution in [0.1, 0.15) is 23.6 Å². The van der Waals surface area contributed by atoms with Gasteiger partial charge in [-0.3, -0.25) is 9.08 Å². The fraction of sp³-hybridized carbons (Fsp3) is 0.467. The van der Waals surface area contributed by atoms with Crippen LogP contribution in [0.4, 0.5) is 0 Å². The summed E-state index contributed by atoms with van der Waals surface area (Å²) >= 11 is 0. The van der Waals surface area contributed by atoms with Crippen molar-refractivity contribution in [3.05, 3.63) is 35.4 Å². The Morgan fingerprint density at radius 1 is 1.45 bits per heavy atom. The van der Waals surface area contributed by atoms with E-state index in [1.54, 1.807) is 0 Å². The van der Waals surface area contributed by atoms with Gasteiger partial charge in [-0.1, -0.05) is 30.2 Å². The molecule has 1 aromatic rings. The van der Waals surface area contributed by atoms with Gasteiger partial charge in [0.15, 0.2) is 0 Å². The van der Waals surface area contributed by atoms with E-state index >= 15 is 0 Å². The number of hydrogen-bond donors (Lipinski definition) is 0. The normalized spacial score (nSPS) is 17.9. The van der Waals surface area contributed by atoms with Crippen LogP contribution in [-0.4, -0.2) is 39.3 Å². The summed E-state index contributed by atoms with van der Waals surface area (Å²) in [4.78, 5) is 2.11. The van der Waals surface area contributed by atoms with Crippen molar-refractivity contribution in [2.75, 3.05) is 26.0 Å². The molecule has 0 heterocycles. The summed E-state index contributed by atoms with van der Waals surface area (Å²) in [5.74, 6) is 2.64. The molecule has 1 atom stereocenters. The molecule has 0 spiro atoms. The first-order valence-electron chi connectivity index (χ1n) is 6.61. The quantitative estimate of drug-likeness (QED) is 0.590. The van der Waals surface area contributed by atoms with E-state index < -0.39 is 10.1 Å². The number of benzene rings is 1. The summed E-state index contributed by atoms with van der Waals surface area (Å²) in [5.41, 5.74) is 2.64. The predicted octanol–water partition coefficient (Wildman–Crippen LogP) is 1.59. The first-order chi connectivity index (χ1) is 9.51. The summed E-state index contributed by atoms with van der Waals surface area (Å²) < 4.78 is 26.8. The molecule has 1 aliphatic carbocycles. The van der Waals surface area contributed by atoms with E-state index in [1.165, 1.54) is 11.1 Å². The van der Waals surface area contributed by atoms with E-state index in [0.29, 0.717) is 13.1 Å². The molecule has 4 nitrogen and oxygen atoms in total. The largest absolute Gasteiger partial charge is 0.283 e. The Kier molecular flexibility index (Phi) is 4.81. The van der Waals surface area contributed by atoms with Crippen molar-refractivity contribution in [3.8, 4) is 12.3 Å². The zero-order chi connectivity index (χ0) is 14.6. The minimum Gasteiger partial charge on any atom is -0.283 e. The Hall–Kier alpha value is -1.35. The maximum Gasteiger partial charge on any atom is 0.264 e. The standard InChI is InChI=1S/C15H19NO3S/c1-3-10-16(11-12-19-20(2,17)18)15-9-8-13-6-4-5-7-14(13)15/h1,4-7,15H,8-12H2,2H3. The molecule has 1 aliphatic rings. The first kappa shape index (κ1) is 15.0. The lowest BCUT2D eigenvalue weighted by Gasteiger charge is -2.27. The van der Waals surface area contributed by atoms with Crippen molar-refractivity contribution >= 4 is 10.1 Å². The van der Waals surface area contributed by atoms with Gasteiger partial charge in [-0.05, 0) is 24.0 Å². The molecule has 0 aliphatic heterocycles. The highest BCUT2D eigenvalue weighted by atomic mass is 32.2. The van der Waals surface area contributed by atoms with Crippen LogP contribution in [0.5, 0.6) is 0 Å². The molecular formula is C15H19NO3S. The third kappa shape index (κ3) is 3.83. The van der Waals surface area contributed by atoms with Gasteiger partial charge in [0.1, 0.15) is 0 Å². The molecule has 0 saturated carbocycles. The minimum atomic E-state index is -3.40. The van der Waals surface area contributed by atoms with Crippen molar-refractivity contribution in [1.29, 1.82) is 0 Å². The van der Waals surface area contributed by atoms with Crippen molar-refractivity contribution in [1.82, 2.24) is 4.90 Å². The second kappa shape index (κ2) is 6.40. The van der Waals surface area contributed by atoms with Gasteiger partial charge in [0.05, 0.1) is 19.4 Å². The van der Waals surface area contributed by atoms with Gasteiger partial charge in [-0.2, -0.15) is 8.42 Å². The van der Waals surface area contributed by atoms with E-state index in [-0.39, 0.29) is 12.6 Å². The lowest BCUT2D eigenvalue weighted by molar-refractivity contribution is 0.179. The molecule has 20 heavy (non-hydrogen) atoms. The van der Waals surface area contributed by atoms with Gasteiger partial charge >= 0.3 is 0 Å². The summed E-state index contributed by atoms with van der Waals surface area (Å²) in [6.07, 6.45) is 8.53. The summed E-state index contributed by atoms with van der Waals surface area (Å²) in [7, 11) is -3.40. The number of terminal acetylenes is 1. The highest BCUT2D eigenvalue weighted by Crippen LogP contribution is 2.35. The lowest BCUT2D eigenvalue weighted by atomic mass is 10.1. The molecule has 0 amide bonds. The van der Waals surface area contributed by atoms with Crippen LogP contribution >= 0.6 is 0 Å². The zero-order valence-corrected chi connectivity index (χ0v) is 12.4. The van der Waals surface area contributed by atoms with Crippen LogP contribution < -0.4 is 0 Å². The fourth-order valence-corrected chi connectivity index (χ4v) is 3.06. The van der Waals surface area contributed by atoms with Gasteiger partial charge in [-0.15, -0.1) is 6.42 Å². The summed E-state index contributed by atoms with van der Waals surface area (Å²) in [6, 6.07) is 8.58. The SMILES string of the molecule is C#CCN(CCOS(C)(=O)=O)C1CCc2ccccc21. The Labute approximate surface area is 120 Å². The molecule has 0 radical (unpaired) electrons. The van der Waals surface area contributed by atoms with Gasteiger partial charge < -0.3 is 0 Å². The summed E-state index contributed by atoms with van der Waals surface area (Å²) in [5, 5.41) is 0. The molecule has 1 unspecified atom stereocenters. The Morgan fingerprint density at radius 2 is 2.20 bits per heavy atom. The molecule has 0 N–H and O–H groups in total. The third-order valence-corrected chi connectivity index (χ3v) is 4.11. The third-order valence-electron chi connectivity index (χ3n) is 3.51. The number of rotatable bonds is 6. The molecule has 2 rings (SSSR count). The van der Waals surface area contributed by atoms with Crippen molar-refractivity contribution in [2.24, 2.45) is 0 Å². The van der Waals surface area contributed by atoms with Crippen LogP contribution in [-0.2, 0) is 20.7 Å². The predicted molar refractivity (Wildman–Crippen MR) is 78.7 cm³/mol. The second-order valence-corrected chi connectivity index (χ2v) is 6.60. The Balaban J connectivity index is 2.05. The first-order valence-corrected chi connectivity index (χ1v) is 8.42. The van der Waals surface area contributed by atoms with Crippen molar-refractivity contribution in [3.63, 3.8) is 0 Å². The molecule has 108 valence electrons. The highest BCUT2D eigenvalue weighted by Gasteiger charge is 2.27. The summed E-state index contributed by atoms with van der Waals surface area (Å²) in [6.45, 7) is 1.14. The molecular weight excluding hydrogens is 274 g/mol. The smallest absolute Gasteiger partial charge is 0.264 e. The van der Waals surface area contributed by atoms with E-state index in [0.717, 1.165) is 19.1 Å². The van der Waals surface area contributed by atoms with Crippen LogP contribution in [0.3, 0.4) is 0 Å². The van der Waals surface area contributed by atoms with Gasteiger partial charge in [0, 0.05) is 12.6 Å². The Bertz CT molecular complexity index is 604. The number of hydrogen-bond acceptors (Lipinski definition) is 4. The number of fused-ring (bicyclic) bond motifs is 1. The number of aryl methyl sites for hydroxylation is 1. The fourth-order valence-electron chi connectivity index (χ4n) is 2.68. The monoisotopic (exact) mass is 293 g/mol. The topological polar surface area (TPSA) is 46.6 Å². The zero-order valence-electron chi connectivity index (χ0n) is 11.6. The van der Waals surface area contributed by atoms with Crippen LogP contribution in [0.15, 0.2) is 24.3 Å². The van der Waals surface area contributed by atoms with Crippen molar-refractivity contribution in [2.45, 2.75) is 18.9 Å². The maximum absolute atomic E-state index is 11.0. The van der Waals surface area contributed by atoms with Crippen molar-refractivity contribution < 1.29 is 12.6 Å². The molecule has 0 fully saturated rings. The lowest BCUT2D eigenvalue weighted by Crippen LogP contribution is -2.32. The highest BCUT2D eigenvalue weighted by molar-refractivity contribution is 7.85. The van der Waals surface area contributed by atoms with E-state index in [1.807, 2.05) is 12.1 Å². The minimum absolute atomic E-state index is 0.138. The van der Waals surface area contributed by atoms with Crippen LogP contribution in [0, 0.1) is 12.3 Å². The van der Waals surface area contributed by atoms with E-state index in [9.17, 15) is 8.42 Å². The maximum atomic E-state index is 11.0. The second-order valence-electron chi connectivity index (χ2n) is 4.95. The van der Waals surface area contributed by atoms with Gasteiger partial charge in [-0.25, -0.2) is 0 Å². The molecule has 5 heteroatoms. The van der Waals surface area contributed by atoms with E-state index in [2.05, 4.69) is 23.0 Å². The molecule has 1 aromatic carbocycles. The molecule has 0 saturated heterocycles. The number of nitrogens with zero attached hydrogens (tertiary/aromatic N) is 1. The van der Waals surface area contributed by atoms with E-state index in [4.69, 9.17) is 10.6 Å².